The second kappa shape index (κ2) is 5.17. The largest absolute Gasteiger partial charge is 0.287 e. The molecule has 0 unspecified atom stereocenters. The summed E-state index contributed by atoms with van der Waals surface area (Å²) in [5.74, 6) is 0. The molecule has 0 amide bonds. The zero-order chi connectivity index (χ0) is 13.9. The molecule has 0 atom stereocenters. The Labute approximate surface area is 118 Å². The molecule has 3 rings (SSSR count). The number of hydrogen-bond acceptors (Lipinski definition) is 2. The summed E-state index contributed by atoms with van der Waals surface area (Å²) in [4.78, 5) is 0. The van der Waals surface area contributed by atoms with Crippen LogP contribution in [0, 0.1) is 13.8 Å². The maximum absolute atomic E-state index is 4.36. The van der Waals surface area contributed by atoms with Gasteiger partial charge in [-0.15, -0.1) is 4.68 Å². The van der Waals surface area contributed by atoms with Gasteiger partial charge >= 0.3 is 0 Å². The molecule has 4 heteroatoms. The van der Waals surface area contributed by atoms with E-state index in [-0.39, 0.29) is 0 Å². The Balaban J connectivity index is 1.84. The van der Waals surface area contributed by atoms with Gasteiger partial charge < -0.3 is 0 Å². The molecule has 1 N–H and O–H groups in total. The molecule has 3 aromatic rings. The van der Waals surface area contributed by atoms with Crippen LogP contribution in [0.1, 0.15) is 11.1 Å². The Morgan fingerprint density at radius 2 is 1.75 bits per heavy atom. The van der Waals surface area contributed by atoms with Crippen molar-refractivity contribution in [2.24, 2.45) is 0 Å². The van der Waals surface area contributed by atoms with Crippen LogP contribution >= 0.6 is 0 Å². The fourth-order valence-electron chi connectivity index (χ4n) is 2.11. The fraction of sp³-hybridized carbons (Fsp3) is 0.125. The molecule has 0 fully saturated rings. The highest BCUT2D eigenvalue weighted by Crippen LogP contribution is 2.09. The quantitative estimate of drug-likeness (QED) is 0.739. The van der Waals surface area contributed by atoms with E-state index < -0.39 is 0 Å². The van der Waals surface area contributed by atoms with E-state index in [0.717, 1.165) is 11.4 Å². The van der Waals surface area contributed by atoms with Gasteiger partial charge in [0.1, 0.15) is 5.69 Å². The van der Waals surface area contributed by atoms with Gasteiger partial charge in [-0.25, -0.2) is 5.43 Å². The number of nitrogens with one attached hydrogen (secondary N) is 1. The maximum Gasteiger partial charge on any atom is 0.287 e. The summed E-state index contributed by atoms with van der Waals surface area (Å²) in [5.41, 5.74) is 7.82. The van der Waals surface area contributed by atoms with Crippen LogP contribution in [0.2, 0.25) is 0 Å². The van der Waals surface area contributed by atoms with Crippen molar-refractivity contribution in [2.75, 3.05) is 5.43 Å². The molecular formula is C16H17N4+. The second-order valence-electron chi connectivity index (χ2n) is 4.92. The molecular weight excluding hydrogens is 248 g/mol. The van der Waals surface area contributed by atoms with E-state index in [1.54, 1.807) is 6.33 Å². The fourth-order valence-corrected chi connectivity index (χ4v) is 2.11. The van der Waals surface area contributed by atoms with Crippen LogP contribution in [0.25, 0.3) is 5.69 Å². The highest BCUT2D eigenvalue weighted by Gasteiger charge is 2.08. The molecule has 20 heavy (non-hydrogen) atoms. The molecule has 2 aromatic carbocycles. The van der Waals surface area contributed by atoms with E-state index >= 15 is 0 Å². The summed E-state index contributed by atoms with van der Waals surface area (Å²) in [6.45, 7) is 4.15. The van der Waals surface area contributed by atoms with Crippen molar-refractivity contribution in [3.63, 3.8) is 0 Å². The molecule has 0 bridgehead atoms. The highest BCUT2D eigenvalue weighted by atomic mass is 15.5. The number of aryl methyl sites for hydroxylation is 2. The number of nitrogens with zero attached hydrogens (tertiary/aromatic N) is 3. The van der Waals surface area contributed by atoms with Crippen molar-refractivity contribution >= 4 is 5.69 Å². The van der Waals surface area contributed by atoms with Crippen LogP contribution in [0.5, 0.6) is 0 Å². The van der Waals surface area contributed by atoms with Gasteiger partial charge in [0.15, 0.2) is 0 Å². The molecule has 1 heterocycles. The predicted molar refractivity (Wildman–Crippen MR) is 78.7 cm³/mol. The van der Waals surface area contributed by atoms with Crippen LogP contribution in [0.3, 0.4) is 0 Å². The minimum Gasteiger partial charge on any atom is -0.245 e. The van der Waals surface area contributed by atoms with E-state index in [1.807, 2.05) is 40.0 Å². The van der Waals surface area contributed by atoms with Gasteiger partial charge in [-0.2, -0.15) is 0 Å². The number of anilines is 1. The van der Waals surface area contributed by atoms with Crippen LogP contribution < -0.4 is 10.1 Å². The smallest absolute Gasteiger partial charge is 0.245 e. The Bertz CT molecular complexity index is 731. The van der Waals surface area contributed by atoms with Gasteiger partial charge in [0.2, 0.25) is 0 Å². The predicted octanol–water partition coefficient (Wildman–Crippen LogP) is 2.65. The number of hydrogen-bond donors (Lipinski definition) is 1. The Morgan fingerprint density at radius 1 is 1.00 bits per heavy atom. The van der Waals surface area contributed by atoms with Gasteiger partial charge in [0, 0.05) is 5.10 Å². The van der Waals surface area contributed by atoms with E-state index in [2.05, 4.69) is 48.6 Å². The Kier molecular flexibility index (Phi) is 3.21. The average molecular weight is 265 g/mol. The number of rotatable bonds is 3. The lowest BCUT2D eigenvalue weighted by atomic mass is 10.2. The lowest BCUT2D eigenvalue weighted by molar-refractivity contribution is -0.643. The molecule has 0 aliphatic carbocycles. The zero-order valence-corrected chi connectivity index (χ0v) is 11.6. The van der Waals surface area contributed by atoms with Gasteiger partial charge in [0.05, 0.1) is 5.69 Å². The first-order valence-corrected chi connectivity index (χ1v) is 6.57. The van der Waals surface area contributed by atoms with Crippen molar-refractivity contribution < 1.29 is 4.68 Å². The third kappa shape index (κ3) is 2.69. The van der Waals surface area contributed by atoms with Crippen LogP contribution in [0.4, 0.5) is 5.69 Å². The van der Waals surface area contributed by atoms with Crippen LogP contribution in [0.15, 0.2) is 61.2 Å². The lowest BCUT2D eigenvalue weighted by Crippen LogP contribution is -2.40. The third-order valence-corrected chi connectivity index (χ3v) is 3.08. The molecule has 4 nitrogen and oxygen atoms in total. The minimum atomic E-state index is 1.04. The lowest BCUT2D eigenvalue weighted by Gasteiger charge is -2.02. The first-order valence-electron chi connectivity index (χ1n) is 6.57. The Hall–Kier alpha value is -2.62. The van der Waals surface area contributed by atoms with Crippen molar-refractivity contribution in [3.05, 3.63) is 72.3 Å². The van der Waals surface area contributed by atoms with Crippen LogP contribution in [-0.4, -0.2) is 9.78 Å². The molecule has 100 valence electrons. The number of aromatic nitrogens is 3. The minimum absolute atomic E-state index is 1.04. The van der Waals surface area contributed by atoms with Crippen molar-refractivity contribution in [1.82, 2.24) is 9.78 Å². The zero-order valence-electron chi connectivity index (χ0n) is 11.6. The van der Waals surface area contributed by atoms with E-state index in [4.69, 9.17) is 0 Å². The van der Waals surface area contributed by atoms with E-state index in [1.165, 1.54) is 11.1 Å². The maximum atomic E-state index is 4.36. The second-order valence-corrected chi connectivity index (χ2v) is 4.92. The van der Waals surface area contributed by atoms with Crippen molar-refractivity contribution in [1.29, 1.82) is 0 Å². The van der Waals surface area contributed by atoms with Crippen molar-refractivity contribution in [2.45, 2.75) is 13.8 Å². The highest BCUT2D eigenvalue weighted by molar-refractivity contribution is 5.43. The summed E-state index contributed by atoms with van der Waals surface area (Å²) in [5, 5.41) is 4.36. The molecule has 1 aromatic heterocycles. The summed E-state index contributed by atoms with van der Waals surface area (Å²) < 4.78 is 3.69. The van der Waals surface area contributed by atoms with Gasteiger partial charge in [-0.05, 0) is 49.2 Å². The molecule has 0 aliphatic rings. The molecule has 0 spiro atoms. The first kappa shape index (κ1) is 12.4. The van der Waals surface area contributed by atoms with Gasteiger partial charge in [-0.1, -0.05) is 28.9 Å². The topological polar surface area (TPSA) is 33.7 Å². The van der Waals surface area contributed by atoms with Gasteiger partial charge in [-0.3, -0.25) is 0 Å². The summed E-state index contributed by atoms with van der Waals surface area (Å²) >= 11 is 0. The monoisotopic (exact) mass is 265 g/mol. The molecule has 0 saturated heterocycles. The van der Waals surface area contributed by atoms with E-state index in [9.17, 15) is 0 Å². The Morgan fingerprint density at radius 3 is 2.50 bits per heavy atom. The molecule has 0 saturated carbocycles. The first-order chi connectivity index (χ1) is 9.70. The summed E-state index contributed by atoms with van der Waals surface area (Å²) in [6.07, 6.45) is 3.67. The van der Waals surface area contributed by atoms with E-state index in [0.29, 0.717) is 0 Å². The normalized spacial score (nSPS) is 10.5. The standard InChI is InChI=1S/C16H17N4/c1-13-5-3-7-15(9-13)18-19-11-17-20(12-19)16-8-4-6-14(2)10-16/h3-12,18H,1-2H3/q+1. The molecule has 0 aliphatic heterocycles. The number of benzene rings is 2. The SMILES string of the molecule is Cc1cccc(N[n+]2cnn(-c3cccc(C)c3)c2)c1. The summed E-state index contributed by atoms with van der Waals surface area (Å²) in [7, 11) is 0. The van der Waals surface area contributed by atoms with Gasteiger partial charge in [0.25, 0.3) is 12.7 Å². The average Bonchev–Trinajstić information content (AvgIpc) is 2.87. The molecule has 0 radical (unpaired) electrons. The van der Waals surface area contributed by atoms with Crippen molar-refractivity contribution in [3.8, 4) is 5.69 Å². The third-order valence-electron chi connectivity index (χ3n) is 3.08. The summed E-state index contributed by atoms with van der Waals surface area (Å²) in [6, 6.07) is 16.5. The van der Waals surface area contributed by atoms with Crippen LogP contribution in [-0.2, 0) is 0 Å².